The largest absolute Gasteiger partial charge is 0.490 e. The zero-order valence-corrected chi connectivity index (χ0v) is 12.1. The molecule has 1 N–H and O–H groups in total. The third-order valence-corrected chi connectivity index (χ3v) is 3.54. The first-order chi connectivity index (χ1) is 10.2. The van der Waals surface area contributed by atoms with Gasteiger partial charge in [0, 0.05) is 13.0 Å². The van der Waals surface area contributed by atoms with E-state index in [-0.39, 0.29) is 5.02 Å². The third-order valence-electron chi connectivity index (χ3n) is 3.25. The van der Waals surface area contributed by atoms with Crippen molar-refractivity contribution in [2.24, 2.45) is 0 Å². The summed E-state index contributed by atoms with van der Waals surface area (Å²) in [6.07, 6.45) is 0.871. The quantitative estimate of drug-likeness (QED) is 0.919. The maximum Gasteiger partial charge on any atom is 0.164 e. The molecule has 0 unspecified atom stereocenters. The van der Waals surface area contributed by atoms with Crippen LogP contribution in [0, 0.1) is 5.82 Å². The number of hydrogen-bond donors (Lipinski definition) is 1. The van der Waals surface area contributed by atoms with E-state index in [1.807, 2.05) is 18.2 Å². The van der Waals surface area contributed by atoms with Crippen LogP contribution in [0.3, 0.4) is 0 Å². The molecule has 0 spiro atoms. The van der Waals surface area contributed by atoms with E-state index in [1.54, 1.807) is 12.1 Å². The Balaban J connectivity index is 1.73. The van der Waals surface area contributed by atoms with Crippen molar-refractivity contribution >= 4 is 17.3 Å². The first-order valence-electron chi connectivity index (χ1n) is 6.80. The number of fused-ring (bicyclic) bond motifs is 1. The second kappa shape index (κ2) is 6.22. The van der Waals surface area contributed by atoms with Gasteiger partial charge in [0.1, 0.15) is 0 Å². The third kappa shape index (κ3) is 3.22. The molecule has 2 aromatic rings. The van der Waals surface area contributed by atoms with Gasteiger partial charge in [-0.3, -0.25) is 0 Å². The lowest BCUT2D eigenvalue weighted by Gasteiger charge is -2.11. The molecule has 21 heavy (non-hydrogen) atoms. The molecule has 0 saturated heterocycles. The number of nitrogens with one attached hydrogen (secondary N) is 1. The molecular weight excluding hydrogens is 293 g/mol. The van der Waals surface area contributed by atoms with E-state index in [0.29, 0.717) is 25.4 Å². The Hall–Kier alpha value is -1.94. The Kier molecular flexibility index (Phi) is 4.15. The minimum atomic E-state index is -0.437. The molecule has 1 aliphatic rings. The molecule has 3 nitrogen and oxygen atoms in total. The Labute approximate surface area is 127 Å². The lowest BCUT2D eigenvalue weighted by atomic mass is 10.2. The highest BCUT2D eigenvalue weighted by atomic mass is 35.5. The van der Waals surface area contributed by atoms with E-state index in [9.17, 15) is 4.39 Å². The standard InChI is InChI=1S/C16H15ClFNO2/c17-12-3-1-4-13(16(12)18)19-10-11-5-6-14-15(9-11)21-8-2-7-20-14/h1,3-6,9,19H,2,7-8,10H2. The summed E-state index contributed by atoms with van der Waals surface area (Å²) < 4.78 is 25.0. The fourth-order valence-electron chi connectivity index (χ4n) is 2.16. The summed E-state index contributed by atoms with van der Waals surface area (Å²) in [5, 5.41) is 3.15. The summed E-state index contributed by atoms with van der Waals surface area (Å²) in [4.78, 5) is 0. The van der Waals surface area contributed by atoms with Gasteiger partial charge >= 0.3 is 0 Å². The van der Waals surface area contributed by atoms with Crippen LogP contribution < -0.4 is 14.8 Å². The van der Waals surface area contributed by atoms with Crippen LogP contribution in [-0.2, 0) is 6.54 Å². The van der Waals surface area contributed by atoms with Crippen molar-refractivity contribution in [3.05, 3.63) is 52.8 Å². The van der Waals surface area contributed by atoms with Crippen LogP contribution in [0.25, 0.3) is 0 Å². The fourth-order valence-corrected chi connectivity index (χ4v) is 2.33. The van der Waals surface area contributed by atoms with Gasteiger partial charge in [0.2, 0.25) is 0 Å². The Morgan fingerprint density at radius 2 is 1.90 bits per heavy atom. The summed E-state index contributed by atoms with van der Waals surface area (Å²) in [5.74, 6) is 1.05. The molecule has 110 valence electrons. The zero-order valence-electron chi connectivity index (χ0n) is 11.4. The van der Waals surface area contributed by atoms with Crippen molar-refractivity contribution in [2.45, 2.75) is 13.0 Å². The molecule has 0 amide bonds. The van der Waals surface area contributed by atoms with E-state index in [1.165, 1.54) is 6.07 Å². The Morgan fingerprint density at radius 1 is 1.10 bits per heavy atom. The minimum Gasteiger partial charge on any atom is -0.490 e. The number of ether oxygens (including phenoxy) is 2. The maximum absolute atomic E-state index is 13.8. The summed E-state index contributed by atoms with van der Waals surface area (Å²) in [7, 11) is 0. The van der Waals surface area contributed by atoms with Crippen molar-refractivity contribution < 1.29 is 13.9 Å². The summed E-state index contributed by atoms with van der Waals surface area (Å²) >= 11 is 5.76. The average molecular weight is 308 g/mol. The number of benzene rings is 2. The average Bonchev–Trinajstić information content (AvgIpc) is 2.73. The molecule has 0 fully saturated rings. The van der Waals surface area contributed by atoms with E-state index in [0.717, 1.165) is 23.5 Å². The van der Waals surface area contributed by atoms with Gasteiger partial charge in [-0.05, 0) is 29.8 Å². The monoisotopic (exact) mass is 307 g/mol. The molecule has 3 rings (SSSR count). The maximum atomic E-state index is 13.8. The number of hydrogen-bond acceptors (Lipinski definition) is 3. The normalized spacial score (nSPS) is 13.6. The van der Waals surface area contributed by atoms with E-state index in [4.69, 9.17) is 21.1 Å². The smallest absolute Gasteiger partial charge is 0.164 e. The Morgan fingerprint density at radius 3 is 2.76 bits per heavy atom. The van der Waals surface area contributed by atoms with Crippen LogP contribution in [0.1, 0.15) is 12.0 Å². The van der Waals surface area contributed by atoms with Crippen LogP contribution >= 0.6 is 11.6 Å². The SMILES string of the molecule is Fc1c(Cl)cccc1NCc1ccc2c(c1)OCCCO2. The van der Waals surface area contributed by atoms with Gasteiger partial charge in [-0.1, -0.05) is 23.7 Å². The summed E-state index contributed by atoms with van der Waals surface area (Å²) in [6, 6.07) is 10.6. The van der Waals surface area contributed by atoms with Gasteiger partial charge in [0.05, 0.1) is 23.9 Å². The van der Waals surface area contributed by atoms with Crippen LogP contribution in [0.5, 0.6) is 11.5 Å². The van der Waals surface area contributed by atoms with E-state index < -0.39 is 5.82 Å². The topological polar surface area (TPSA) is 30.5 Å². The van der Waals surface area contributed by atoms with E-state index in [2.05, 4.69) is 5.32 Å². The second-order valence-electron chi connectivity index (χ2n) is 4.79. The minimum absolute atomic E-state index is 0.110. The van der Waals surface area contributed by atoms with Crippen LogP contribution in [0.15, 0.2) is 36.4 Å². The molecule has 1 aliphatic heterocycles. The van der Waals surface area contributed by atoms with Gasteiger partial charge in [-0.15, -0.1) is 0 Å². The highest BCUT2D eigenvalue weighted by Gasteiger charge is 2.11. The van der Waals surface area contributed by atoms with Crippen LogP contribution in [-0.4, -0.2) is 13.2 Å². The van der Waals surface area contributed by atoms with Gasteiger partial charge in [-0.2, -0.15) is 0 Å². The number of rotatable bonds is 3. The predicted octanol–water partition coefficient (Wildman–Crippen LogP) is 4.25. The van der Waals surface area contributed by atoms with Gasteiger partial charge in [0.25, 0.3) is 0 Å². The molecule has 0 radical (unpaired) electrons. The van der Waals surface area contributed by atoms with Gasteiger partial charge in [-0.25, -0.2) is 4.39 Å². The van der Waals surface area contributed by atoms with Crippen LogP contribution in [0.4, 0.5) is 10.1 Å². The first kappa shape index (κ1) is 14.0. The van der Waals surface area contributed by atoms with Crippen molar-refractivity contribution in [1.82, 2.24) is 0 Å². The summed E-state index contributed by atoms with van der Waals surface area (Å²) in [6.45, 7) is 1.79. The molecule has 0 aliphatic carbocycles. The first-order valence-corrected chi connectivity index (χ1v) is 7.18. The van der Waals surface area contributed by atoms with Crippen molar-refractivity contribution in [3.63, 3.8) is 0 Å². The molecule has 0 aromatic heterocycles. The number of halogens is 2. The van der Waals surface area contributed by atoms with Crippen molar-refractivity contribution in [1.29, 1.82) is 0 Å². The molecule has 0 saturated carbocycles. The lowest BCUT2D eigenvalue weighted by molar-refractivity contribution is 0.297. The summed E-state index contributed by atoms with van der Waals surface area (Å²) in [5.41, 5.74) is 1.37. The molecular formula is C16H15ClFNO2. The predicted molar refractivity (Wildman–Crippen MR) is 80.8 cm³/mol. The molecule has 0 atom stereocenters. The zero-order chi connectivity index (χ0) is 14.7. The highest BCUT2D eigenvalue weighted by Crippen LogP contribution is 2.31. The van der Waals surface area contributed by atoms with E-state index >= 15 is 0 Å². The Bertz CT molecular complexity index is 648. The number of anilines is 1. The molecule has 5 heteroatoms. The second-order valence-corrected chi connectivity index (χ2v) is 5.19. The van der Waals surface area contributed by atoms with Gasteiger partial charge in [0.15, 0.2) is 17.3 Å². The highest BCUT2D eigenvalue weighted by molar-refractivity contribution is 6.31. The lowest BCUT2D eigenvalue weighted by Crippen LogP contribution is -2.02. The van der Waals surface area contributed by atoms with Crippen LogP contribution in [0.2, 0.25) is 5.02 Å². The van der Waals surface area contributed by atoms with Crippen molar-refractivity contribution in [3.8, 4) is 11.5 Å². The van der Waals surface area contributed by atoms with Gasteiger partial charge < -0.3 is 14.8 Å². The molecule has 1 heterocycles. The molecule has 2 aromatic carbocycles. The molecule has 0 bridgehead atoms. The fraction of sp³-hybridized carbons (Fsp3) is 0.250. The van der Waals surface area contributed by atoms with Crippen molar-refractivity contribution in [2.75, 3.05) is 18.5 Å².